The first kappa shape index (κ1) is 67.3. The summed E-state index contributed by atoms with van der Waals surface area (Å²) in [6, 6.07) is 20.6. The average molecular weight is 1210 g/mol. The van der Waals surface area contributed by atoms with Gasteiger partial charge in [-0.15, -0.1) is 11.8 Å². The van der Waals surface area contributed by atoms with E-state index in [1.807, 2.05) is 41.3 Å². The highest BCUT2D eigenvalue weighted by atomic mass is 32.2. The Morgan fingerprint density at radius 2 is 1.45 bits per heavy atom. The summed E-state index contributed by atoms with van der Waals surface area (Å²) in [6.07, 6.45) is 6.25. The van der Waals surface area contributed by atoms with Gasteiger partial charge < -0.3 is 69.3 Å². The van der Waals surface area contributed by atoms with E-state index in [1.165, 1.54) is 12.1 Å². The number of hydrogen-bond donors (Lipinski definition) is 7. The number of benzene rings is 3. The van der Waals surface area contributed by atoms with Gasteiger partial charge in [-0.25, -0.2) is 19.6 Å². The van der Waals surface area contributed by atoms with Crippen LogP contribution in [0, 0.1) is 11.7 Å². The van der Waals surface area contributed by atoms with E-state index < -0.39 is 6.04 Å². The van der Waals surface area contributed by atoms with Gasteiger partial charge >= 0.3 is 6.03 Å². The van der Waals surface area contributed by atoms with Crippen LogP contribution in [0.5, 0.6) is 11.5 Å². The molecule has 0 spiro atoms. The van der Waals surface area contributed by atoms with E-state index in [0.717, 1.165) is 120 Å². The molecule has 3 aromatic rings. The number of rotatable bonds is 38. The Kier molecular flexibility index (Phi) is 30.2. The minimum Gasteiger partial charge on any atom is -0.494 e. The SMILES string of the molecule is COCCCN(C(=O)CCc1ccc(OCCCCN(C)CCOCCOCCC2CN(CCOCCOc3ccc(NC(=O)NC4NC(CC(=O)N5CCN(C)CC5)CS4)cc3)NN2)cc1)C(C(=O)NCc1ccc(F)cc1)C1CCNCC1. The second-order valence-corrected chi connectivity index (χ2v) is 23.4. The van der Waals surface area contributed by atoms with Gasteiger partial charge in [0, 0.05) is 116 Å². The Labute approximate surface area is 506 Å². The number of hydrogen-bond acceptors (Lipinski definition) is 18. The number of nitrogens with zero attached hydrogens (tertiary/aromatic N) is 5. The first-order chi connectivity index (χ1) is 41.5. The number of thioether (sulfide) groups is 1. The second-order valence-electron chi connectivity index (χ2n) is 22.3. The summed E-state index contributed by atoms with van der Waals surface area (Å²) in [7, 11) is 5.81. The van der Waals surface area contributed by atoms with Crippen molar-refractivity contribution in [1.82, 2.24) is 56.8 Å². The van der Waals surface area contributed by atoms with Crippen LogP contribution in [-0.4, -0.2) is 230 Å². The summed E-state index contributed by atoms with van der Waals surface area (Å²) in [5.74, 6) is 1.86. The predicted molar refractivity (Wildman–Crippen MR) is 327 cm³/mol. The van der Waals surface area contributed by atoms with Crippen molar-refractivity contribution in [2.45, 2.75) is 88.0 Å². The number of halogens is 1. The number of piperazine rings is 1. The van der Waals surface area contributed by atoms with Crippen LogP contribution in [-0.2, 0) is 46.3 Å². The highest BCUT2D eigenvalue weighted by Crippen LogP contribution is 2.25. The zero-order chi connectivity index (χ0) is 59.9. The molecule has 7 rings (SSSR count). The quantitative estimate of drug-likeness (QED) is 0.0405. The van der Waals surface area contributed by atoms with Gasteiger partial charge in [-0.05, 0) is 144 Å². The number of methoxy groups -OCH3 is 1. The van der Waals surface area contributed by atoms with Crippen molar-refractivity contribution in [1.29, 1.82) is 0 Å². The van der Waals surface area contributed by atoms with Gasteiger partial charge in [-0.2, -0.15) is 5.53 Å². The topological polar surface area (TPSA) is 224 Å². The van der Waals surface area contributed by atoms with E-state index in [1.54, 1.807) is 48.0 Å². The molecule has 3 aromatic carbocycles. The standard InChI is InChI=1S/C61H95FN12O10S/c1-70(26-4-5-35-83-54-16-9-47(10-17-54)11-20-56(75)74(27-6-34-79-3)58(49-21-24-63-25-22-49)59(77)64-44-48-7-12-50(62)13-8-48)32-37-81-40-39-80-36-23-52-45-73(69-68-52)33-38-82-41-42-84-55-18-14-51(15-19-55)65-60(78)67-61-66-53(46-85-61)43-57(76)72-30-28-71(2)29-31-72/h7-10,12-19,49,52-53,58,61,63,66,68-69H,4-6,11,20-46H2,1-3H3,(H,64,77)(H2,65,67,78). The van der Waals surface area contributed by atoms with E-state index in [2.05, 4.69) is 66.4 Å². The largest absolute Gasteiger partial charge is 0.494 e. The molecule has 4 fully saturated rings. The van der Waals surface area contributed by atoms with Gasteiger partial charge in [0.25, 0.3) is 0 Å². The number of ether oxygens (including phenoxy) is 6. The third-order valence-electron chi connectivity index (χ3n) is 15.6. The molecule has 472 valence electrons. The average Bonchev–Trinajstić information content (AvgIpc) is 4.22. The third-order valence-corrected chi connectivity index (χ3v) is 16.8. The van der Waals surface area contributed by atoms with Crippen LogP contribution in [0.4, 0.5) is 14.9 Å². The summed E-state index contributed by atoms with van der Waals surface area (Å²) in [5.41, 5.74) is 8.75. The molecular weight excluding hydrogens is 1110 g/mol. The predicted octanol–water partition coefficient (Wildman–Crippen LogP) is 3.89. The summed E-state index contributed by atoms with van der Waals surface area (Å²) in [6.45, 7) is 13.8. The van der Waals surface area contributed by atoms with E-state index in [-0.39, 0.29) is 66.0 Å². The van der Waals surface area contributed by atoms with E-state index in [0.29, 0.717) is 96.7 Å². The molecule has 0 bridgehead atoms. The lowest BCUT2D eigenvalue weighted by Crippen LogP contribution is -2.55. The summed E-state index contributed by atoms with van der Waals surface area (Å²) >= 11 is 1.59. The molecular formula is C61H95FN12O10S. The Balaban J connectivity index is 0.646. The second kappa shape index (κ2) is 38.1. The molecule has 4 heterocycles. The number of unbranched alkanes of at least 4 members (excludes halogenated alkanes) is 1. The molecule has 5 amide bonds. The van der Waals surface area contributed by atoms with Gasteiger partial charge in [-0.1, -0.05) is 24.3 Å². The van der Waals surface area contributed by atoms with Crippen molar-refractivity contribution in [2.24, 2.45) is 5.92 Å². The fraction of sp³-hybridized carbons (Fsp3) is 0.639. The van der Waals surface area contributed by atoms with Crippen molar-refractivity contribution in [2.75, 3.05) is 164 Å². The molecule has 4 aliphatic rings. The molecule has 4 unspecified atom stereocenters. The minimum atomic E-state index is -0.605. The number of aryl methyl sites for hydroxylation is 1. The molecule has 0 aliphatic carbocycles. The number of likely N-dealkylation sites (N-methyl/N-ethyl adjacent to an activating group) is 2. The van der Waals surface area contributed by atoms with Gasteiger partial charge in [-0.3, -0.25) is 19.7 Å². The van der Waals surface area contributed by atoms with E-state index in [4.69, 9.17) is 28.4 Å². The van der Waals surface area contributed by atoms with Crippen molar-refractivity contribution >= 4 is 41.2 Å². The number of amides is 5. The van der Waals surface area contributed by atoms with Crippen LogP contribution in [0.25, 0.3) is 0 Å². The Bertz CT molecular complexity index is 2390. The van der Waals surface area contributed by atoms with E-state index >= 15 is 0 Å². The molecule has 0 radical (unpaired) electrons. The molecule has 7 N–H and O–H groups in total. The highest BCUT2D eigenvalue weighted by molar-refractivity contribution is 8.00. The lowest BCUT2D eigenvalue weighted by molar-refractivity contribution is -0.143. The normalized spacial score (nSPS) is 19.0. The van der Waals surface area contributed by atoms with Crippen molar-refractivity contribution in [3.8, 4) is 11.5 Å². The molecule has 4 atom stereocenters. The number of anilines is 1. The van der Waals surface area contributed by atoms with Crippen LogP contribution in [0.3, 0.4) is 0 Å². The maximum Gasteiger partial charge on any atom is 0.321 e. The summed E-state index contributed by atoms with van der Waals surface area (Å²) in [5, 5.41) is 17.7. The van der Waals surface area contributed by atoms with E-state index in [9.17, 15) is 23.6 Å². The Morgan fingerprint density at radius 3 is 2.20 bits per heavy atom. The van der Waals surface area contributed by atoms with Crippen molar-refractivity contribution < 1.29 is 52.0 Å². The van der Waals surface area contributed by atoms with Gasteiger partial charge in [0.15, 0.2) is 0 Å². The summed E-state index contributed by atoms with van der Waals surface area (Å²) in [4.78, 5) is 61.5. The fourth-order valence-corrected chi connectivity index (χ4v) is 11.7. The molecule has 4 saturated heterocycles. The maximum atomic E-state index is 14.0. The first-order valence-electron chi connectivity index (χ1n) is 30.5. The molecule has 4 aliphatic heterocycles. The highest BCUT2D eigenvalue weighted by Gasteiger charge is 2.37. The lowest BCUT2D eigenvalue weighted by atomic mass is 9.88. The smallest absolute Gasteiger partial charge is 0.321 e. The number of hydrazine groups is 2. The lowest BCUT2D eigenvalue weighted by Gasteiger charge is -2.38. The van der Waals surface area contributed by atoms with Gasteiger partial charge in [0.1, 0.15) is 35.5 Å². The molecule has 85 heavy (non-hydrogen) atoms. The Morgan fingerprint density at radius 1 is 0.753 bits per heavy atom. The summed E-state index contributed by atoms with van der Waals surface area (Å²) < 4.78 is 48.3. The fourth-order valence-electron chi connectivity index (χ4n) is 10.6. The molecule has 24 heteroatoms. The van der Waals surface area contributed by atoms with Crippen LogP contribution in [0.1, 0.15) is 62.5 Å². The van der Waals surface area contributed by atoms with Crippen molar-refractivity contribution in [3.05, 3.63) is 89.7 Å². The van der Waals surface area contributed by atoms with Crippen LogP contribution >= 0.6 is 11.8 Å². The van der Waals surface area contributed by atoms with Gasteiger partial charge in [0.05, 0.1) is 39.6 Å². The molecule has 22 nitrogen and oxygen atoms in total. The number of nitrogens with one attached hydrogen (secondary N) is 7. The monoisotopic (exact) mass is 1210 g/mol. The number of urea groups is 1. The molecule has 0 aromatic heterocycles. The number of piperidine rings is 1. The zero-order valence-electron chi connectivity index (χ0n) is 50.3. The van der Waals surface area contributed by atoms with Gasteiger partial charge in [0.2, 0.25) is 17.7 Å². The van der Waals surface area contributed by atoms with Crippen LogP contribution in [0.15, 0.2) is 72.8 Å². The van der Waals surface area contributed by atoms with Crippen LogP contribution in [0.2, 0.25) is 0 Å². The molecule has 0 saturated carbocycles. The Hall–Kier alpha value is -5.22. The van der Waals surface area contributed by atoms with Crippen molar-refractivity contribution in [3.63, 3.8) is 0 Å². The maximum absolute atomic E-state index is 14.0. The minimum absolute atomic E-state index is 0.0223. The first-order valence-corrected chi connectivity index (χ1v) is 31.6. The zero-order valence-corrected chi connectivity index (χ0v) is 51.2. The van der Waals surface area contributed by atoms with Crippen LogP contribution < -0.4 is 47.0 Å². The number of carbonyl (C=O) groups is 4. The number of carbonyl (C=O) groups excluding carboxylic acids is 4. The third kappa shape index (κ3) is 25.2.